The highest BCUT2D eigenvalue weighted by Gasteiger charge is 2.07. The van der Waals surface area contributed by atoms with Crippen LogP contribution in [-0.4, -0.2) is 16.5 Å². The van der Waals surface area contributed by atoms with Crippen molar-refractivity contribution in [1.29, 1.82) is 0 Å². The van der Waals surface area contributed by atoms with E-state index in [1.807, 2.05) is 11.6 Å². The molecule has 3 heteroatoms. The molecule has 2 aromatic carbocycles. The van der Waals surface area contributed by atoms with Gasteiger partial charge in [0.25, 0.3) is 0 Å². The van der Waals surface area contributed by atoms with Crippen molar-refractivity contribution in [3.8, 4) is 0 Å². The van der Waals surface area contributed by atoms with E-state index in [1.54, 1.807) is 6.20 Å². The number of fused-ring (bicyclic) bond motifs is 2. The van der Waals surface area contributed by atoms with Crippen molar-refractivity contribution in [3.63, 3.8) is 0 Å². The molecule has 0 atom stereocenters. The summed E-state index contributed by atoms with van der Waals surface area (Å²) < 4.78 is 2.01. The first kappa shape index (κ1) is 9.90. The van der Waals surface area contributed by atoms with Crippen LogP contribution in [-0.2, 0) is 0 Å². The SMILES string of the molecule is C=N/C=C(/C)n1[nH]c2cc3ccccc3cc21. The van der Waals surface area contributed by atoms with E-state index in [9.17, 15) is 0 Å². The quantitative estimate of drug-likeness (QED) is 0.643. The normalized spacial score (nSPS) is 12.4. The summed E-state index contributed by atoms with van der Waals surface area (Å²) >= 11 is 0. The third-order valence-corrected chi connectivity index (χ3v) is 2.97. The average molecular weight is 223 g/mol. The molecule has 0 fully saturated rings. The molecule has 3 nitrogen and oxygen atoms in total. The molecule has 3 rings (SSSR count). The van der Waals surface area contributed by atoms with Gasteiger partial charge in [-0.1, -0.05) is 24.3 Å². The van der Waals surface area contributed by atoms with Crippen molar-refractivity contribution in [2.75, 3.05) is 0 Å². The highest BCUT2D eigenvalue weighted by Crippen LogP contribution is 2.25. The van der Waals surface area contributed by atoms with Gasteiger partial charge in [0.2, 0.25) is 0 Å². The van der Waals surface area contributed by atoms with Crippen LogP contribution in [0.1, 0.15) is 6.92 Å². The van der Waals surface area contributed by atoms with Crippen molar-refractivity contribution < 1.29 is 0 Å². The Morgan fingerprint density at radius 3 is 2.71 bits per heavy atom. The predicted molar refractivity (Wildman–Crippen MR) is 73.3 cm³/mol. The van der Waals surface area contributed by atoms with E-state index in [-0.39, 0.29) is 0 Å². The lowest BCUT2D eigenvalue weighted by atomic mass is 10.1. The predicted octanol–water partition coefficient (Wildman–Crippen LogP) is 3.64. The maximum absolute atomic E-state index is 3.78. The minimum Gasteiger partial charge on any atom is -0.292 e. The van der Waals surface area contributed by atoms with E-state index >= 15 is 0 Å². The summed E-state index contributed by atoms with van der Waals surface area (Å²) in [5, 5.41) is 5.78. The second kappa shape index (κ2) is 3.63. The first-order valence-corrected chi connectivity index (χ1v) is 5.52. The lowest BCUT2D eigenvalue weighted by Gasteiger charge is -2.17. The van der Waals surface area contributed by atoms with Crippen molar-refractivity contribution in [2.24, 2.45) is 4.99 Å². The number of aromatic amines is 1. The van der Waals surface area contributed by atoms with Gasteiger partial charge in [-0.3, -0.25) is 14.8 Å². The van der Waals surface area contributed by atoms with Crippen LogP contribution in [0.3, 0.4) is 0 Å². The van der Waals surface area contributed by atoms with Crippen LogP contribution in [0, 0.1) is 0 Å². The molecule has 0 saturated carbocycles. The molecule has 0 aliphatic rings. The Kier molecular flexibility index (Phi) is 2.11. The van der Waals surface area contributed by atoms with E-state index in [0.717, 1.165) is 11.2 Å². The van der Waals surface area contributed by atoms with Crippen molar-refractivity contribution >= 4 is 34.2 Å². The minimum atomic E-state index is 1.03. The molecule has 3 aromatic rings. The fraction of sp³-hybridized carbons (Fsp3) is 0.0714. The smallest absolute Gasteiger partial charge is 0.0883 e. The average Bonchev–Trinajstić information content (AvgIpc) is 2.32. The molecular weight excluding hydrogens is 210 g/mol. The monoisotopic (exact) mass is 223 g/mol. The van der Waals surface area contributed by atoms with Gasteiger partial charge in [0, 0.05) is 6.20 Å². The Morgan fingerprint density at radius 2 is 2.00 bits per heavy atom. The zero-order valence-electron chi connectivity index (χ0n) is 9.64. The van der Waals surface area contributed by atoms with Gasteiger partial charge in [-0.25, -0.2) is 0 Å². The second-order valence-electron chi connectivity index (χ2n) is 4.12. The van der Waals surface area contributed by atoms with E-state index < -0.39 is 0 Å². The Morgan fingerprint density at radius 1 is 1.29 bits per heavy atom. The van der Waals surface area contributed by atoms with Gasteiger partial charge in [-0.2, -0.15) is 0 Å². The van der Waals surface area contributed by atoms with Crippen LogP contribution in [0.2, 0.25) is 0 Å². The number of allylic oxidation sites excluding steroid dienone is 1. The lowest BCUT2D eigenvalue weighted by molar-refractivity contribution is 0.884. The highest BCUT2D eigenvalue weighted by atomic mass is 15.3. The zero-order chi connectivity index (χ0) is 11.8. The van der Waals surface area contributed by atoms with Gasteiger partial charge >= 0.3 is 0 Å². The van der Waals surface area contributed by atoms with Crippen LogP contribution < -0.4 is 0 Å². The molecule has 0 radical (unpaired) electrons. The maximum Gasteiger partial charge on any atom is 0.0883 e. The highest BCUT2D eigenvalue weighted by molar-refractivity contribution is 5.97. The van der Waals surface area contributed by atoms with E-state index in [0.29, 0.717) is 0 Å². The summed E-state index contributed by atoms with van der Waals surface area (Å²) in [5.74, 6) is 0. The Hall–Kier alpha value is -2.29. The molecule has 84 valence electrons. The van der Waals surface area contributed by atoms with Gasteiger partial charge in [0.1, 0.15) is 0 Å². The van der Waals surface area contributed by atoms with E-state index in [4.69, 9.17) is 0 Å². The number of aliphatic imine (C=N–C) groups is 1. The summed E-state index contributed by atoms with van der Waals surface area (Å²) in [4.78, 5) is 3.78. The number of hydrogen-bond donors (Lipinski definition) is 1. The van der Waals surface area contributed by atoms with Gasteiger partial charge in [0.05, 0.1) is 16.7 Å². The van der Waals surface area contributed by atoms with Crippen molar-refractivity contribution in [3.05, 3.63) is 42.6 Å². The van der Waals surface area contributed by atoms with Crippen LogP contribution in [0.5, 0.6) is 0 Å². The van der Waals surface area contributed by atoms with Crippen LogP contribution in [0.15, 0.2) is 47.6 Å². The topological polar surface area (TPSA) is 33.1 Å². The molecule has 1 N–H and O–H groups in total. The maximum atomic E-state index is 3.78. The summed E-state index contributed by atoms with van der Waals surface area (Å²) in [6.07, 6.45) is 1.74. The second-order valence-corrected chi connectivity index (χ2v) is 4.12. The van der Waals surface area contributed by atoms with Gasteiger partial charge in [0.15, 0.2) is 0 Å². The molecule has 0 spiro atoms. The molecule has 0 aliphatic carbocycles. The Labute approximate surface area is 99.1 Å². The van der Waals surface area contributed by atoms with Crippen molar-refractivity contribution in [2.45, 2.75) is 6.92 Å². The fourth-order valence-electron chi connectivity index (χ4n) is 2.10. The molecule has 17 heavy (non-hydrogen) atoms. The molecule has 1 heterocycles. The number of hydrogen-bond acceptors (Lipinski definition) is 1. The van der Waals surface area contributed by atoms with Gasteiger partial charge in [-0.05, 0) is 36.5 Å². The molecule has 0 amide bonds. The number of benzene rings is 2. The van der Waals surface area contributed by atoms with E-state index in [2.05, 4.69) is 53.2 Å². The molecule has 0 saturated heterocycles. The van der Waals surface area contributed by atoms with Crippen LogP contribution in [0.25, 0.3) is 27.5 Å². The van der Waals surface area contributed by atoms with E-state index in [1.165, 1.54) is 16.3 Å². The number of nitrogens with zero attached hydrogens (tertiary/aromatic N) is 2. The third kappa shape index (κ3) is 1.47. The van der Waals surface area contributed by atoms with Gasteiger partial charge in [-0.15, -0.1) is 0 Å². The summed E-state index contributed by atoms with van der Waals surface area (Å²) in [6.45, 7) is 5.47. The Balaban J connectivity index is 2.23. The molecule has 0 unspecified atom stereocenters. The Bertz CT molecular complexity index is 728. The number of nitrogens with one attached hydrogen (secondary N) is 1. The lowest BCUT2D eigenvalue weighted by Crippen LogP contribution is -2.08. The zero-order valence-corrected chi connectivity index (χ0v) is 9.64. The molecule has 0 bridgehead atoms. The van der Waals surface area contributed by atoms with Crippen molar-refractivity contribution in [1.82, 2.24) is 9.78 Å². The summed E-state index contributed by atoms with van der Waals surface area (Å²) in [6, 6.07) is 12.7. The molecule has 0 aliphatic heterocycles. The van der Waals surface area contributed by atoms with Crippen LogP contribution >= 0.6 is 0 Å². The summed E-state index contributed by atoms with van der Waals surface area (Å²) in [5.41, 5.74) is 3.37. The summed E-state index contributed by atoms with van der Waals surface area (Å²) in [7, 11) is 0. The van der Waals surface area contributed by atoms with Gasteiger partial charge < -0.3 is 0 Å². The standard InChI is InChI=1S/C14H13N3/c1-10(9-15-2)17-14-8-12-6-4-3-5-11(12)7-13(14)16-17/h3-9,16H,2H2,1H3/b10-9-. The largest absolute Gasteiger partial charge is 0.292 e. The first-order chi connectivity index (χ1) is 8.29. The number of H-pyrrole nitrogens is 1. The first-order valence-electron chi connectivity index (χ1n) is 5.52. The van der Waals surface area contributed by atoms with Crippen LogP contribution in [0.4, 0.5) is 0 Å². The molecular formula is C14H13N3. The minimum absolute atomic E-state index is 1.03. The fourth-order valence-corrected chi connectivity index (χ4v) is 2.10. The number of rotatable bonds is 2. The third-order valence-electron chi connectivity index (χ3n) is 2.97. The molecule has 1 aromatic heterocycles. The number of aromatic nitrogens is 2.